The highest BCUT2D eigenvalue weighted by atomic mass is 32.1. The minimum absolute atomic E-state index is 0.0609. The van der Waals surface area contributed by atoms with Crippen LogP contribution >= 0.6 is 11.7 Å². The molecule has 2 aliphatic rings. The first-order valence-electron chi connectivity index (χ1n) is 10.5. The number of rotatable bonds is 5. The highest BCUT2D eigenvalue weighted by Gasteiger charge is 2.48. The van der Waals surface area contributed by atoms with E-state index in [1.807, 2.05) is 0 Å². The van der Waals surface area contributed by atoms with Crippen molar-refractivity contribution in [3.05, 3.63) is 93.0 Å². The standard InChI is InChI=1S/C24H15N3O7S/c28-23-22(14-3-8-20-21(10-14)33-12-32-20)17(9-13-1-5-16(6-2-13)27(30)31)24(29,34-23)15-4-7-18-19(11-15)26-35-25-18/h1-8,10-11,29H,9,12H2. The van der Waals surface area contributed by atoms with Crippen LogP contribution in [0.4, 0.5) is 5.69 Å². The van der Waals surface area contributed by atoms with Crippen LogP contribution in [0.3, 0.4) is 0 Å². The number of hydrogen-bond acceptors (Lipinski definition) is 10. The number of aliphatic hydroxyl groups is 1. The molecule has 174 valence electrons. The Morgan fingerprint density at radius 3 is 2.57 bits per heavy atom. The monoisotopic (exact) mass is 489 g/mol. The SMILES string of the molecule is O=C1OC(O)(c2ccc3nsnc3c2)C(Cc2ccc([N+](=O)[O-])cc2)=C1c1ccc2c(c1)OCO2. The van der Waals surface area contributed by atoms with E-state index >= 15 is 0 Å². The molecule has 4 aromatic rings. The van der Waals surface area contributed by atoms with Crippen LogP contribution < -0.4 is 9.47 Å². The maximum absolute atomic E-state index is 13.2. The number of benzene rings is 3. The molecule has 0 aliphatic carbocycles. The number of fused-ring (bicyclic) bond motifs is 2. The molecule has 1 aromatic heterocycles. The van der Waals surface area contributed by atoms with Gasteiger partial charge in [0.05, 0.1) is 22.2 Å². The van der Waals surface area contributed by atoms with Crippen molar-refractivity contribution in [1.82, 2.24) is 8.75 Å². The molecule has 10 nitrogen and oxygen atoms in total. The zero-order chi connectivity index (χ0) is 24.2. The fourth-order valence-corrected chi connectivity index (χ4v) is 4.77. The molecule has 0 saturated carbocycles. The topological polar surface area (TPSA) is 134 Å². The van der Waals surface area contributed by atoms with Gasteiger partial charge in [-0.05, 0) is 41.5 Å². The third kappa shape index (κ3) is 3.49. The lowest BCUT2D eigenvalue weighted by atomic mass is 9.88. The van der Waals surface area contributed by atoms with Gasteiger partial charge in [-0.2, -0.15) is 8.75 Å². The fraction of sp³-hybridized carbons (Fsp3) is 0.125. The van der Waals surface area contributed by atoms with Crippen molar-refractivity contribution in [2.75, 3.05) is 6.79 Å². The summed E-state index contributed by atoms with van der Waals surface area (Å²) in [5.74, 6) is -1.76. The number of nitro groups is 1. The summed E-state index contributed by atoms with van der Waals surface area (Å²) in [7, 11) is 0. The summed E-state index contributed by atoms with van der Waals surface area (Å²) < 4.78 is 24.8. The molecule has 3 aromatic carbocycles. The Kier molecular flexibility index (Phi) is 4.76. The minimum Gasteiger partial charge on any atom is -0.454 e. The number of carbonyl (C=O) groups excluding carboxylic acids is 1. The van der Waals surface area contributed by atoms with Crippen LogP contribution in [-0.2, 0) is 21.7 Å². The molecule has 11 heteroatoms. The van der Waals surface area contributed by atoms with Gasteiger partial charge in [0.2, 0.25) is 6.79 Å². The lowest BCUT2D eigenvalue weighted by Gasteiger charge is -2.25. The van der Waals surface area contributed by atoms with Gasteiger partial charge in [-0.3, -0.25) is 10.1 Å². The second-order valence-electron chi connectivity index (χ2n) is 8.02. The summed E-state index contributed by atoms with van der Waals surface area (Å²) >= 11 is 1.04. The largest absolute Gasteiger partial charge is 0.454 e. The molecular formula is C24H15N3O7S. The summed E-state index contributed by atoms with van der Waals surface area (Å²) in [6, 6.07) is 15.9. The predicted molar refractivity (Wildman–Crippen MR) is 124 cm³/mol. The van der Waals surface area contributed by atoms with Crippen molar-refractivity contribution in [3.63, 3.8) is 0 Å². The normalized spacial score (nSPS) is 18.8. The van der Waals surface area contributed by atoms with Gasteiger partial charge in [0, 0.05) is 29.7 Å². The van der Waals surface area contributed by atoms with Gasteiger partial charge in [0.15, 0.2) is 11.5 Å². The first-order chi connectivity index (χ1) is 16.9. The highest BCUT2D eigenvalue weighted by Crippen LogP contribution is 2.46. The molecule has 0 fully saturated rings. The molecule has 35 heavy (non-hydrogen) atoms. The second kappa shape index (κ2) is 7.86. The van der Waals surface area contributed by atoms with Gasteiger partial charge in [-0.25, -0.2) is 4.79 Å². The molecule has 0 amide bonds. The van der Waals surface area contributed by atoms with Crippen molar-refractivity contribution >= 4 is 40.0 Å². The van der Waals surface area contributed by atoms with Crippen molar-refractivity contribution < 1.29 is 29.0 Å². The van der Waals surface area contributed by atoms with Gasteiger partial charge in [0.1, 0.15) is 11.0 Å². The molecule has 0 bridgehead atoms. The van der Waals surface area contributed by atoms with Crippen LogP contribution in [0.25, 0.3) is 16.6 Å². The Hall–Kier alpha value is -4.35. The van der Waals surface area contributed by atoms with Crippen LogP contribution in [-0.4, -0.2) is 31.5 Å². The maximum atomic E-state index is 13.2. The summed E-state index contributed by atoms with van der Waals surface area (Å²) in [6.45, 7) is 0.0730. The first kappa shape index (κ1) is 21.2. The Morgan fingerprint density at radius 2 is 1.77 bits per heavy atom. The highest BCUT2D eigenvalue weighted by molar-refractivity contribution is 7.00. The van der Waals surface area contributed by atoms with Crippen molar-refractivity contribution in [3.8, 4) is 11.5 Å². The van der Waals surface area contributed by atoms with E-state index in [1.165, 1.54) is 12.1 Å². The maximum Gasteiger partial charge on any atom is 0.342 e. The minimum atomic E-state index is -2.08. The Labute approximate surface area is 201 Å². The molecule has 1 N–H and O–H groups in total. The number of carbonyl (C=O) groups is 1. The van der Waals surface area contributed by atoms with Gasteiger partial charge >= 0.3 is 5.97 Å². The van der Waals surface area contributed by atoms with E-state index in [9.17, 15) is 20.0 Å². The zero-order valence-electron chi connectivity index (χ0n) is 17.8. The molecule has 6 rings (SSSR count). The van der Waals surface area contributed by atoms with Crippen LogP contribution in [0.2, 0.25) is 0 Å². The number of nitro benzene ring substituents is 1. The van der Waals surface area contributed by atoms with Gasteiger partial charge in [-0.15, -0.1) is 0 Å². The van der Waals surface area contributed by atoms with Crippen molar-refractivity contribution in [1.29, 1.82) is 0 Å². The fourth-order valence-electron chi connectivity index (χ4n) is 4.26. The van der Waals surface area contributed by atoms with Gasteiger partial charge in [0.25, 0.3) is 11.5 Å². The van der Waals surface area contributed by atoms with Crippen LogP contribution in [0.15, 0.2) is 66.2 Å². The number of esters is 1. The molecule has 2 aliphatic heterocycles. The lowest BCUT2D eigenvalue weighted by Crippen LogP contribution is -2.29. The first-order valence-corrected chi connectivity index (χ1v) is 11.2. The van der Waals surface area contributed by atoms with Gasteiger partial charge < -0.3 is 19.3 Å². The van der Waals surface area contributed by atoms with E-state index in [0.717, 1.165) is 11.7 Å². The quantitative estimate of drug-likeness (QED) is 0.253. The third-order valence-electron chi connectivity index (χ3n) is 5.99. The number of cyclic esters (lactones) is 1. The number of nitrogens with zero attached hydrogens (tertiary/aromatic N) is 3. The molecular weight excluding hydrogens is 474 g/mol. The molecule has 0 saturated heterocycles. The van der Waals surface area contributed by atoms with Crippen LogP contribution in [0.1, 0.15) is 16.7 Å². The lowest BCUT2D eigenvalue weighted by molar-refractivity contribution is -0.384. The van der Waals surface area contributed by atoms with Crippen molar-refractivity contribution in [2.45, 2.75) is 12.2 Å². The molecule has 0 radical (unpaired) electrons. The summed E-state index contributed by atoms with van der Waals surface area (Å²) in [5, 5.41) is 22.9. The Morgan fingerprint density at radius 1 is 1.00 bits per heavy atom. The van der Waals surface area contributed by atoms with E-state index in [0.29, 0.717) is 39.2 Å². The predicted octanol–water partition coefficient (Wildman–Crippen LogP) is 3.73. The number of hydrogen-bond donors (Lipinski definition) is 1. The zero-order valence-corrected chi connectivity index (χ0v) is 18.7. The van der Waals surface area contributed by atoms with E-state index < -0.39 is 16.7 Å². The van der Waals surface area contributed by atoms with E-state index in [2.05, 4.69) is 8.75 Å². The Balaban J connectivity index is 1.51. The summed E-state index contributed by atoms with van der Waals surface area (Å²) in [5.41, 5.74) is 3.08. The number of aromatic nitrogens is 2. The molecule has 1 unspecified atom stereocenters. The van der Waals surface area contributed by atoms with E-state index in [-0.39, 0.29) is 30.0 Å². The number of non-ortho nitro benzene ring substituents is 1. The van der Waals surface area contributed by atoms with Crippen LogP contribution in [0.5, 0.6) is 11.5 Å². The third-order valence-corrected chi connectivity index (χ3v) is 6.55. The van der Waals surface area contributed by atoms with E-state index in [4.69, 9.17) is 14.2 Å². The summed E-state index contributed by atoms with van der Waals surface area (Å²) in [4.78, 5) is 23.8. The summed E-state index contributed by atoms with van der Waals surface area (Å²) in [6.07, 6.45) is 0.0946. The molecule has 0 spiro atoms. The molecule has 1 atom stereocenters. The smallest absolute Gasteiger partial charge is 0.342 e. The average molecular weight is 489 g/mol. The van der Waals surface area contributed by atoms with E-state index in [1.54, 1.807) is 48.5 Å². The number of ether oxygens (including phenoxy) is 3. The van der Waals surface area contributed by atoms with Gasteiger partial charge in [-0.1, -0.05) is 18.2 Å². The average Bonchev–Trinajstić information content (AvgIpc) is 3.57. The Bertz CT molecular complexity index is 1550. The second-order valence-corrected chi connectivity index (χ2v) is 8.55. The molecule has 3 heterocycles. The van der Waals surface area contributed by atoms with Crippen LogP contribution in [0, 0.1) is 10.1 Å². The van der Waals surface area contributed by atoms with Crippen molar-refractivity contribution in [2.24, 2.45) is 0 Å².